The molecule has 0 aromatic carbocycles. The summed E-state index contributed by atoms with van der Waals surface area (Å²) in [5.41, 5.74) is 2.83. The van der Waals surface area contributed by atoms with Crippen molar-refractivity contribution in [3.05, 3.63) is 35.5 Å². The first-order valence-electron chi connectivity index (χ1n) is 4.87. The minimum Gasteiger partial charge on any atom is -0.245 e. The molecule has 0 atom stereocenters. The first kappa shape index (κ1) is 11.8. The minimum absolute atomic E-state index is 0.663. The highest BCUT2D eigenvalue weighted by Gasteiger charge is 2.07. The van der Waals surface area contributed by atoms with Crippen LogP contribution in [0.15, 0.2) is 23.7 Å². The summed E-state index contributed by atoms with van der Waals surface area (Å²) < 4.78 is 0. The van der Waals surface area contributed by atoms with Crippen LogP contribution in [0.1, 0.15) is 23.7 Å². The normalized spacial score (nSPS) is 9.67. The zero-order valence-electron chi connectivity index (χ0n) is 9.08. The van der Waals surface area contributed by atoms with Gasteiger partial charge < -0.3 is 0 Å². The van der Waals surface area contributed by atoms with Gasteiger partial charge >= 0.3 is 0 Å². The van der Waals surface area contributed by atoms with Crippen molar-refractivity contribution in [3.8, 4) is 6.07 Å². The van der Waals surface area contributed by atoms with Crippen molar-refractivity contribution < 1.29 is 0 Å². The van der Waals surface area contributed by atoms with Gasteiger partial charge in [0.05, 0.1) is 5.56 Å². The largest absolute Gasteiger partial charge is 0.245 e. The maximum absolute atomic E-state index is 8.98. The van der Waals surface area contributed by atoms with E-state index < -0.39 is 0 Å². The molecule has 0 aliphatic rings. The number of rotatable bonds is 4. The monoisotopic (exact) mass is 218 g/mol. The van der Waals surface area contributed by atoms with Crippen LogP contribution in [0.3, 0.4) is 0 Å². The van der Waals surface area contributed by atoms with Gasteiger partial charge in [0.2, 0.25) is 0 Å². The molecule has 0 aliphatic heterocycles. The van der Waals surface area contributed by atoms with Crippen LogP contribution in [0.2, 0.25) is 0 Å². The third-order valence-electron chi connectivity index (χ3n) is 2.08. The Morgan fingerprint density at radius 3 is 2.93 bits per heavy atom. The molecule has 0 saturated heterocycles. The van der Waals surface area contributed by atoms with Crippen molar-refractivity contribution in [2.24, 2.45) is 0 Å². The molecule has 2 nitrogen and oxygen atoms in total. The van der Waals surface area contributed by atoms with E-state index in [0.29, 0.717) is 5.56 Å². The lowest BCUT2D eigenvalue weighted by molar-refractivity contribution is 0.942. The van der Waals surface area contributed by atoms with Gasteiger partial charge in [-0.1, -0.05) is 13.0 Å². The van der Waals surface area contributed by atoms with Crippen molar-refractivity contribution >= 4 is 11.8 Å². The first-order chi connectivity index (χ1) is 7.22. The number of pyridine rings is 1. The Kier molecular flexibility index (Phi) is 4.38. The fourth-order valence-corrected chi connectivity index (χ4v) is 2.03. The molecule has 1 heterocycles. The maximum atomic E-state index is 8.98. The van der Waals surface area contributed by atoms with Crippen LogP contribution in [0.5, 0.6) is 0 Å². The molecule has 0 unspecified atom stereocenters. The third kappa shape index (κ3) is 2.84. The Labute approximate surface area is 95.0 Å². The number of nitrogens with zero attached hydrogens (tertiary/aromatic N) is 2. The lowest BCUT2D eigenvalue weighted by atomic mass is 10.1. The predicted molar refractivity (Wildman–Crippen MR) is 64.0 cm³/mol. The van der Waals surface area contributed by atoms with E-state index in [1.54, 1.807) is 11.8 Å². The molecule has 0 N–H and O–H groups in total. The number of thioether (sulfide) groups is 1. The van der Waals surface area contributed by atoms with E-state index in [0.717, 1.165) is 28.5 Å². The van der Waals surface area contributed by atoms with Gasteiger partial charge in [-0.3, -0.25) is 0 Å². The van der Waals surface area contributed by atoms with Gasteiger partial charge in [-0.2, -0.15) is 5.26 Å². The Morgan fingerprint density at radius 2 is 2.40 bits per heavy atom. The van der Waals surface area contributed by atoms with Crippen LogP contribution in [-0.4, -0.2) is 10.7 Å². The molecule has 15 heavy (non-hydrogen) atoms. The van der Waals surface area contributed by atoms with Crippen LogP contribution < -0.4 is 0 Å². The van der Waals surface area contributed by atoms with Crippen molar-refractivity contribution in [3.63, 3.8) is 0 Å². The van der Waals surface area contributed by atoms with E-state index in [2.05, 4.69) is 24.6 Å². The SMILES string of the molecule is C=CCSc1nc(CC)c(C)cc1C#N. The standard InChI is InChI=1S/C12H14N2S/c1-4-6-15-12-10(8-13)7-9(3)11(5-2)14-12/h4,7H,1,5-6H2,2-3H3. The molecule has 0 saturated carbocycles. The number of aryl methyl sites for hydroxylation is 2. The molecule has 1 aromatic heterocycles. The second-order valence-corrected chi connectivity index (χ2v) is 4.18. The molecular weight excluding hydrogens is 204 g/mol. The van der Waals surface area contributed by atoms with Gasteiger partial charge in [-0.25, -0.2) is 4.98 Å². The number of aromatic nitrogens is 1. The van der Waals surface area contributed by atoms with E-state index >= 15 is 0 Å². The Balaban J connectivity index is 3.11. The maximum Gasteiger partial charge on any atom is 0.114 e. The van der Waals surface area contributed by atoms with Gasteiger partial charge in [0.25, 0.3) is 0 Å². The van der Waals surface area contributed by atoms with Gasteiger partial charge in [0, 0.05) is 11.4 Å². The average molecular weight is 218 g/mol. The van der Waals surface area contributed by atoms with Crippen molar-refractivity contribution in [1.82, 2.24) is 4.98 Å². The van der Waals surface area contributed by atoms with E-state index in [-0.39, 0.29) is 0 Å². The number of hydrogen-bond acceptors (Lipinski definition) is 3. The summed E-state index contributed by atoms with van der Waals surface area (Å²) in [6.07, 6.45) is 2.72. The molecule has 0 amide bonds. The Hall–Kier alpha value is -1.27. The highest BCUT2D eigenvalue weighted by Crippen LogP contribution is 2.22. The molecular formula is C12H14N2S. The second kappa shape index (κ2) is 5.57. The summed E-state index contributed by atoms with van der Waals surface area (Å²) in [6.45, 7) is 7.73. The fourth-order valence-electron chi connectivity index (χ4n) is 1.32. The molecule has 0 bridgehead atoms. The zero-order valence-corrected chi connectivity index (χ0v) is 9.90. The summed E-state index contributed by atoms with van der Waals surface area (Å²) in [5, 5.41) is 9.80. The molecule has 0 spiro atoms. The average Bonchev–Trinajstić information content (AvgIpc) is 2.26. The van der Waals surface area contributed by atoms with E-state index in [1.807, 2.05) is 19.1 Å². The van der Waals surface area contributed by atoms with Crippen LogP contribution >= 0.6 is 11.8 Å². The van der Waals surface area contributed by atoms with Crippen molar-refractivity contribution in [1.29, 1.82) is 5.26 Å². The molecule has 1 rings (SSSR count). The summed E-state index contributed by atoms with van der Waals surface area (Å²) >= 11 is 1.56. The van der Waals surface area contributed by atoms with Crippen molar-refractivity contribution in [2.75, 3.05) is 5.75 Å². The second-order valence-electron chi connectivity index (χ2n) is 3.17. The first-order valence-corrected chi connectivity index (χ1v) is 5.85. The number of nitriles is 1. The van der Waals surface area contributed by atoms with Crippen molar-refractivity contribution in [2.45, 2.75) is 25.3 Å². The predicted octanol–water partition coefficient (Wildman–Crippen LogP) is 3.10. The molecule has 0 aliphatic carbocycles. The van der Waals surface area contributed by atoms with Crippen LogP contribution in [-0.2, 0) is 6.42 Å². The van der Waals surface area contributed by atoms with Gasteiger partial charge in [-0.15, -0.1) is 18.3 Å². The molecule has 78 valence electrons. The lowest BCUT2D eigenvalue weighted by Gasteiger charge is -2.07. The lowest BCUT2D eigenvalue weighted by Crippen LogP contribution is -1.97. The summed E-state index contributed by atoms with van der Waals surface area (Å²) in [5.74, 6) is 0.786. The van der Waals surface area contributed by atoms with Gasteiger partial charge in [-0.05, 0) is 25.0 Å². The third-order valence-corrected chi connectivity index (χ3v) is 3.06. The molecule has 0 radical (unpaired) electrons. The van der Waals surface area contributed by atoms with E-state index in [9.17, 15) is 0 Å². The fraction of sp³-hybridized carbons (Fsp3) is 0.333. The number of hydrogen-bond donors (Lipinski definition) is 0. The highest BCUT2D eigenvalue weighted by atomic mass is 32.2. The quantitative estimate of drug-likeness (QED) is 0.575. The van der Waals surface area contributed by atoms with Crippen LogP contribution in [0.25, 0.3) is 0 Å². The Morgan fingerprint density at radius 1 is 1.67 bits per heavy atom. The molecule has 0 fully saturated rings. The topological polar surface area (TPSA) is 36.7 Å². The highest BCUT2D eigenvalue weighted by molar-refractivity contribution is 7.99. The minimum atomic E-state index is 0.663. The smallest absolute Gasteiger partial charge is 0.114 e. The molecule has 1 aromatic rings. The van der Waals surface area contributed by atoms with Gasteiger partial charge in [0.15, 0.2) is 0 Å². The summed E-state index contributed by atoms with van der Waals surface area (Å²) in [7, 11) is 0. The van der Waals surface area contributed by atoms with E-state index in [1.165, 1.54) is 0 Å². The van der Waals surface area contributed by atoms with Crippen LogP contribution in [0, 0.1) is 18.3 Å². The summed E-state index contributed by atoms with van der Waals surface area (Å²) in [4.78, 5) is 4.49. The van der Waals surface area contributed by atoms with Gasteiger partial charge in [0.1, 0.15) is 11.1 Å². The summed E-state index contributed by atoms with van der Waals surface area (Å²) in [6, 6.07) is 4.09. The molecule has 3 heteroatoms. The van der Waals surface area contributed by atoms with E-state index in [4.69, 9.17) is 5.26 Å². The van der Waals surface area contributed by atoms with Crippen LogP contribution in [0.4, 0.5) is 0 Å². The Bertz CT molecular complexity index is 405. The zero-order chi connectivity index (χ0) is 11.3.